The summed E-state index contributed by atoms with van der Waals surface area (Å²) in [6.07, 6.45) is 1.09. The van der Waals surface area contributed by atoms with Gasteiger partial charge in [0.1, 0.15) is 0 Å². The molecule has 1 aromatic rings. The minimum absolute atomic E-state index is 0.225. The molecule has 16 heavy (non-hydrogen) atoms. The quantitative estimate of drug-likeness (QED) is 0.823. The lowest BCUT2D eigenvalue weighted by atomic mass is 9.83. The summed E-state index contributed by atoms with van der Waals surface area (Å²) in [5.74, 6) is 0. The molecule has 88 valence electrons. The van der Waals surface area contributed by atoms with Gasteiger partial charge in [-0.3, -0.25) is 0 Å². The van der Waals surface area contributed by atoms with Gasteiger partial charge in [0.2, 0.25) is 0 Å². The second kappa shape index (κ2) is 4.98. The number of aryl methyl sites for hydroxylation is 1. The summed E-state index contributed by atoms with van der Waals surface area (Å²) in [5.41, 5.74) is 3.05. The van der Waals surface area contributed by atoms with Gasteiger partial charge in [0.15, 0.2) is 0 Å². The molecule has 1 fully saturated rings. The zero-order chi connectivity index (χ0) is 11.4. The largest absolute Gasteiger partial charge is 0.380 e. The predicted molar refractivity (Wildman–Crippen MR) is 66.7 cm³/mol. The number of nitrogens with one attached hydrogen (secondary N) is 1. The van der Waals surface area contributed by atoms with Crippen LogP contribution in [-0.2, 0) is 11.2 Å². The van der Waals surface area contributed by atoms with E-state index in [1.54, 1.807) is 0 Å². The number of rotatable bonds is 2. The Morgan fingerprint density at radius 2 is 2.19 bits per heavy atom. The van der Waals surface area contributed by atoms with Crippen molar-refractivity contribution in [2.75, 3.05) is 26.3 Å². The third kappa shape index (κ3) is 2.83. The Bertz CT molecular complexity index is 340. The van der Waals surface area contributed by atoms with E-state index in [1.165, 1.54) is 11.1 Å². The van der Waals surface area contributed by atoms with Crippen LogP contribution in [0.15, 0.2) is 24.3 Å². The van der Waals surface area contributed by atoms with E-state index < -0.39 is 0 Å². The van der Waals surface area contributed by atoms with Gasteiger partial charge in [-0.2, -0.15) is 0 Å². The van der Waals surface area contributed by atoms with E-state index in [4.69, 9.17) is 4.74 Å². The SMILES string of the molecule is Cc1ccccc1CC1(C)CNCCOC1. The first-order valence-electron chi connectivity index (χ1n) is 6.03. The summed E-state index contributed by atoms with van der Waals surface area (Å²) in [6, 6.07) is 8.63. The maximum Gasteiger partial charge on any atom is 0.0591 e. The van der Waals surface area contributed by atoms with Crippen molar-refractivity contribution in [3.63, 3.8) is 0 Å². The molecule has 0 saturated carbocycles. The van der Waals surface area contributed by atoms with Gasteiger partial charge in [-0.15, -0.1) is 0 Å². The minimum atomic E-state index is 0.225. The molecule has 0 amide bonds. The second-order valence-electron chi connectivity index (χ2n) is 5.14. The molecule has 1 aromatic carbocycles. The molecule has 1 aliphatic rings. The Morgan fingerprint density at radius 1 is 1.38 bits per heavy atom. The average molecular weight is 219 g/mol. The molecule has 1 aliphatic heterocycles. The van der Waals surface area contributed by atoms with Gasteiger partial charge >= 0.3 is 0 Å². The number of ether oxygens (including phenoxy) is 1. The van der Waals surface area contributed by atoms with E-state index in [0.717, 1.165) is 32.7 Å². The summed E-state index contributed by atoms with van der Waals surface area (Å²) >= 11 is 0. The van der Waals surface area contributed by atoms with E-state index in [0.29, 0.717) is 0 Å². The summed E-state index contributed by atoms with van der Waals surface area (Å²) in [4.78, 5) is 0. The first-order valence-corrected chi connectivity index (χ1v) is 6.03. The highest BCUT2D eigenvalue weighted by Gasteiger charge is 2.27. The topological polar surface area (TPSA) is 21.3 Å². The molecule has 1 unspecified atom stereocenters. The van der Waals surface area contributed by atoms with Crippen LogP contribution in [0.4, 0.5) is 0 Å². The molecule has 1 heterocycles. The Hall–Kier alpha value is -0.860. The van der Waals surface area contributed by atoms with E-state index in [-0.39, 0.29) is 5.41 Å². The van der Waals surface area contributed by atoms with E-state index in [1.807, 2.05) is 0 Å². The predicted octanol–water partition coefficient (Wildman–Crippen LogP) is 2.16. The second-order valence-corrected chi connectivity index (χ2v) is 5.14. The molecule has 0 spiro atoms. The first kappa shape index (κ1) is 11.6. The normalized spacial score (nSPS) is 26.4. The standard InChI is InChI=1S/C14H21NO/c1-12-5-3-4-6-13(12)9-14(2)10-15-7-8-16-11-14/h3-6,15H,7-11H2,1-2H3. The van der Waals surface area contributed by atoms with Crippen molar-refractivity contribution in [1.29, 1.82) is 0 Å². The Morgan fingerprint density at radius 3 is 3.00 bits per heavy atom. The van der Waals surface area contributed by atoms with Crippen molar-refractivity contribution in [3.05, 3.63) is 35.4 Å². The van der Waals surface area contributed by atoms with Crippen LogP contribution in [-0.4, -0.2) is 26.3 Å². The molecule has 2 nitrogen and oxygen atoms in total. The fourth-order valence-electron chi connectivity index (χ4n) is 2.29. The molecule has 1 atom stereocenters. The lowest BCUT2D eigenvalue weighted by Crippen LogP contribution is -2.34. The molecule has 0 radical (unpaired) electrons. The number of hydrogen-bond donors (Lipinski definition) is 1. The smallest absolute Gasteiger partial charge is 0.0591 e. The lowest BCUT2D eigenvalue weighted by Gasteiger charge is -2.28. The van der Waals surface area contributed by atoms with Gasteiger partial charge in [-0.1, -0.05) is 31.2 Å². The van der Waals surface area contributed by atoms with E-state index >= 15 is 0 Å². The van der Waals surface area contributed by atoms with Crippen LogP contribution >= 0.6 is 0 Å². The Balaban J connectivity index is 2.10. The van der Waals surface area contributed by atoms with Gasteiger partial charge in [0.25, 0.3) is 0 Å². The van der Waals surface area contributed by atoms with Crippen molar-refractivity contribution in [1.82, 2.24) is 5.32 Å². The maximum atomic E-state index is 5.66. The van der Waals surface area contributed by atoms with Crippen LogP contribution < -0.4 is 5.32 Å². The maximum absolute atomic E-state index is 5.66. The molecule has 0 aliphatic carbocycles. The van der Waals surface area contributed by atoms with Gasteiger partial charge < -0.3 is 10.1 Å². The zero-order valence-electron chi connectivity index (χ0n) is 10.3. The molecule has 1 saturated heterocycles. The highest BCUT2D eigenvalue weighted by Crippen LogP contribution is 2.25. The van der Waals surface area contributed by atoms with Crippen LogP contribution in [0.1, 0.15) is 18.1 Å². The summed E-state index contributed by atoms with van der Waals surface area (Å²) in [6.45, 7) is 8.20. The van der Waals surface area contributed by atoms with Gasteiger partial charge in [0.05, 0.1) is 13.2 Å². The average Bonchev–Trinajstić information content (AvgIpc) is 2.47. The van der Waals surface area contributed by atoms with E-state index in [9.17, 15) is 0 Å². The van der Waals surface area contributed by atoms with Crippen LogP contribution in [0.5, 0.6) is 0 Å². The highest BCUT2D eigenvalue weighted by molar-refractivity contribution is 5.26. The minimum Gasteiger partial charge on any atom is -0.380 e. The van der Waals surface area contributed by atoms with Crippen LogP contribution in [0, 0.1) is 12.3 Å². The Kier molecular flexibility index (Phi) is 3.62. The summed E-state index contributed by atoms with van der Waals surface area (Å²) in [5, 5.41) is 3.45. The highest BCUT2D eigenvalue weighted by atomic mass is 16.5. The van der Waals surface area contributed by atoms with Crippen molar-refractivity contribution in [3.8, 4) is 0 Å². The van der Waals surface area contributed by atoms with Gasteiger partial charge in [-0.05, 0) is 24.5 Å². The van der Waals surface area contributed by atoms with Crippen molar-refractivity contribution in [2.45, 2.75) is 20.3 Å². The summed E-state index contributed by atoms with van der Waals surface area (Å²) < 4.78 is 5.66. The van der Waals surface area contributed by atoms with Crippen LogP contribution in [0.2, 0.25) is 0 Å². The zero-order valence-corrected chi connectivity index (χ0v) is 10.3. The monoisotopic (exact) mass is 219 g/mol. The summed E-state index contributed by atoms with van der Waals surface area (Å²) in [7, 11) is 0. The molecular weight excluding hydrogens is 198 g/mol. The van der Waals surface area contributed by atoms with Crippen LogP contribution in [0.25, 0.3) is 0 Å². The number of benzene rings is 1. The lowest BCUT2D eigenvalue weighted by molar-refractivity contribution is 0.0795. The molecule has 1 N–H and O–H groups in total. The van der Waals surface area contributed by atoms with Crippen LogP contribution in [0.3, 0.4) is 0 Å². The third-order valence-electron chi connectivity index (χ3n) is 3.30. The van der Waals surface area contributed by atoms with Gasteiger partial charge in [-0.25, -0.2) is 0 Å². The van der Waals surface area contributed by atoms with Crippen molar-refractivity contribution < 1.29 is 4.74 Å². The Labute approximate surface area is 98.0 Å². The number of hydrogen-bond acceptors (Lipinski definition) is 2. The molecule has 2 heteroatoms. The third-order valence-corrected chi connectivity index (χ3v) is 3.30. The van der Waals surface area contributed by atoms with Crippen molar-refractivity contribution in [2.24, 2.45) is 5.41 Å². The van der Waals surface area contributed by atoms with E-state index in [2.05, 4.69) is 43.4 Å². The first-order chi connectivity index (χ1) is 7.70. The fourth-order valence-corrected chi connectivity index (χ4v) is 2.29. The molecule has 0 bridgehead atoms. The van der Waals surface area contributed by atoms with Gasteiger partial charge in [0, 0.05) is 18.5 Å². The fraction of sp³-hybridized carbons (Fsp3) is 0.571. The molecule has 2 rings (SSSR count). The molecular formula is C14H21NO. The van der Waals surface area contributed by atoms with Crippen molar-refractivity contribution >= 4 is 0 Å². The molecule has 0 aromatic heterocycles.